The first-order valence-electron chi connectivity index (χ1n) is 5.91. The van der Waals surface area contributed by atoms with Crippen LogP contribution in [-0.2, 0) is 0 Å². The number of nitrogens with one attached hydrogen (secondary N) is 1. The highest BCUT2D eigenvalue weighted by atomic mass is 15.0. The van der Waals surface area contributed by atoms with Crippen LogP contribution in [-0.4, -0.2) is 11.0 Å². The lowest BCUT2D eigenvalue weighted by Gasteiger charge is -2.19. The van der Waals surface area contributed by atoms with E-state index in [1.807, 2.05) is 18.5 Å². The molecule has 82 valence electrons. The lowest BCUT2D eigenvalue weighted by Crippen LogP contribution is -2.29. The topological polar surface area (TPSA) is 24.9 Å². The summed E-state index contributed by atoms with van der Waals surface area (Å²) in [5.41, 5.74) is 1.29. The molecule has 2 rings (SSSR count). The van der Waals surface area contributed by atoms with Gasteiger partial charge in [0.2, 0.25) is 0 Å². The Balaban J connectivity index is 1.90. The Morgan fingerprint density at radius 3 is 2.93 bits per heavy atom. The summed E-state index contributed by atoms with van der Waals surface area (Å²) in [7, 11) is 0. The Bertz CT molecular complexity index is 297. The third-order valence-electron chi connectivity index (χ3n) is 3.36. The van der Waals surface area contributed by atoms with Gasteiger partial charge in [-0.15, -0.1) is 0 Å². The first kappa shape index (κ1) is 10.6. The Morgan fingerprint density at radius 1 is 1.47 bits per heavy atom. The molecule has 0 radical (unpaired) electrons. The lowest BCUT2D eigenvalue weighted by molar-refractivity contribution is 0.448. The molecule has 2 nitrogen and oxygen atoms in total. The second-order valence-corrected chi connectivity index (χ2v) is 4.79. The number of nitrogens with zero attached hydrogens (tertiary/aromatic N) is 1. The standard InChI is InChI=1S/C13H20N2/c1-10-5-6-13(8-10)15-11(2)12-4-3-7-14-9-12/h3-4,7,9-11,13,15H,5-6,8H2,1-2H3/t10-,11-,13-/m0/s1. The summed E-state index contributed by atoms with van der Waals surface area (Å²) in [6.45, 7) is 4.57. The van der Waals surface area contributed by atoms with E-state index in [1.165, 1.54) is 24.8 Å². The molecule has 1 aromatic rings. The summed E-state index contributed by atoms with van der Waals surface area (Å²) in [6.07, 6.45) is 7.80. The third kappa shape index (κ3) is 2.78. The third-order valence-corrected chi connectivity index (χ3v) is 3.36. The molecular formula is C13H20N2. The molecule has 3 atom stereocenters. The van der Waals surface area contributed by atoms with Crippen LogP contribution < -0.4 is 5.32 Å². The van der Waals surface area contributed by atoms with Crippen LogP contribution >= 0.6 is 0 Å². The molecule has 1 aromatic heterocycles. The van der Waals surface area contributed by atoms with Gasteiger partial charge < -0.3 is 5.32 Å². The maximum atomic E-state index is 4.16. The van der Waals surface area contributed by atoms with Crippen LogP contribution in [0.1, 0.15) is 44.7 Å². The molecule has 1 heterocycles. The summed E-state index contributed by atoms with van der Waals surface area (Å²) in [5.74, 6) is 0.892. The highest BCUT2D eigenvalue weighted by Crippen LogP contribution is 2.26. The Hall–Kier alpha value is -0.890. The minimum atomic E-state index is 0.425. The van der Waals surface area contributed by atoms with E-state index < -0.39 is 0 Å². The molecule has 0 saturated heterocycles. The maximum Gasteiger partial charge on any atom is 0.0315 e. The van der Waals surface area contributed by atoms with E-state index in [9.17, 15) is 0 Å². The fourth-order valence-electron chi connectivity index (χ4n) is 2.44. The van der Waals surface area contributed by atoms with Crippen LogP contribution in [0.3, 0.4) is 0 Å². The predicted octanol–water partition coefficient (Wildman–Crippen LogP) is 2.92. The molecule has 1 saturated carbocycles. The predicted molar refractivity (Wildman–Crippen MR) is 62.6 cm³/mol. The first-order valence-corrected chi connectivity index (χ1v) is 5.91. The van der Waals surface area contributed by atoms with Crippen molar-refractivity contribution >= 4 is 0 Å². The van der Waals surface area contributed by atoms with Crippen molar-refractivity contribution in [3.63, 3.8) is 0 Å². The second-order valence-electron chi connectivity index (χ2n) is 4.79. The van der Waals surface area contributed by atoms with Gasteiger partial charge in [-0.05, 0) is 43.7 Å². The molecule has 0 unspecified atom stereocenters. The van der Waals surface area contributed by atoms with Gasteiger partial charge >= 0.3 is 0 Å². The van der Waals surface area contributed by atoms with E-state index >= 15 is 0 Å². The molecule has 1 aliphatic carbocycles. The summed E-state index contributed by atoms with van der Waals surface area (Å²) < 4.78 is 0. The van der Waals surface area contributed by atoms with E-state index in [2.05, 4.69) is 30.2 Å². The van der Waals surface area contributed by atoms with Crippen molar-refractivity contribution in [3.8, 4) is 0 Å². The summed E-state index contributed by atoms with van der Waals surface area (Å²) >= 11 is 0. The highest BCUT2D eigenvalue weighted by molar-refractivity contribution is 5.13. The highest BCUT2D eigenvalue weighted by Gasteiger charge is 2.22. The average Bonchev–Trinajstić information content (AvgIpc) is 2.65. The van der Waals surface area contributed by atoms with E-state index in [1.54, 1.807) is 0 Å². The molecular weight excluding hydrogens is 184 g/mol. The van der Waals surface area contributed by atoms with Gasteiger partial charge in [-0.2, -0.15) is 0 Å². The maximum absolute atomic E-state index is 4.16. The number of hydrogen-bond donors (Lipinski definition) is 1. The monoisotopic (exact) mass is 204 g/mol. The minimum Gasteiger partial charge on any atom is -0.307 e. The van der Waals surface area contributed by atoms with E-state index in [4.69, 9.17) is 0 Å². The fourth-order valence-corrected chi connectivity index (χ4v) is 2.44. The zero-order valence-electron chi connectivity index (χ0n) is 9.61. The summed E-state index contributed by atoms with van der Waals surface area (Å²) in [5, 5.41) is 3.69. The van der Waals surface area contributed by atoms with Crippen LogP contribution in [0.25, 0.3) is 0 Å². The van der Waals surface area contributed by atoms with Gasteiger partial charge in [0.05, 0.1) is 0 Å². The molecule has 0 amide bonds. The van der Waals surface area contributed by atoms with Gasteiger partial charge in [-0.3, -0.25) is 4.98 Å². The fraction of sp³-hybridized carbons (Fsp3) is 0.615. The number of hydrogen-bond acceptors (Lipinski definition) is 2. The van der Waals surface area contributed by atoms with Crippen LogP contribution in [0.15, 0.2) is 24.5 Å². The van der Waals surface area contributed by atoms with Crippen LogP contribution in [0, 0.1) is 5.92 Å². The molecule has 1 N–H and O–H groups in total. The van der Waals surface area contributed by atoms with E-state index in [-0.39, 0.29) is 0 Å². The zero-order chi connectivity index (χ0) is 10.7. The summed E-state index contributed by atoms with van der Waals surface area (Å²) in [4.78, 5) is 4.16. The van der Waals surface area contributed by atoms with Crippen molar-refractivity contribution in [2.75, 3.05) is 0 Å². The number of aromatic nitrogens is 1. The Morgan fingerprint density at radius 2 is 2.33 bits per heavy atom. The van der Waals surface area contributed by atoms with Crippen LogP contribution in [0.2, 0.25) is 0 Å². The van der Waals surface area contributed by atoms with Gasteiger partial charge in [0, 0.05) is 24.5 Å². The largest absolute Gasteiger partial charge is 0.307 e. The average molecular weight is 204 g/mol. The van der Waals surface area contributed by atoms with Crippen molar-refractivity contribution < 1.29 is 0 Å². The van der Waals surface area contributed by atoms with Crippen molar-refractivity contribution in [3.05, 3.63) is 30.1 Å². The number of pyridine rings is 1. The molecule has 0 aliphatic heterocycles. The van der Waals surface area contributed by atoms with Crippen molar-refractivity contribution in [1.82, 2.24) is 10.3 Å². The molecule has 2 heteroatoms. The normalized spacial score (nSPS) is 27.9. The van der Waals surface area contributed by atoms with Crippen LogP contribution in [0.4, 0.5) is 0 Å². The lowest BCUT2D eigenvalue weighted by atomic mass is 10.1. The quantitative estimate of drug-likeness (QED) is 0.819. The van der Waals surface area contributed by atoms with Crippen molar-refractivity contribution in [2.45, 2.75) is 45.2 Å². The van der Waals surface area contributed by atoms with Gasteiger partial charge in [-0.1, -0.05) is 13.0 Å². The molecule has 0 spiro atoms. The second kappa shape index (κ2) is 4.75. The van der Waals surface area contributed by atoms with Crippen molar-refractivity contribution in [2.24, 2.45) is 5.92 Å². The summed E-state index contributed by atoms with van der Waals surface area (Å²) in [6, 6.07) is 5.28. The van der Waals surface area contributed by atoms with E-state index in [0.29, 0.717) is 12.1 Å². The molecule has 0 bridgehead atoms. The minimum absolute atomic E-state index is 0.425. The van der Waals surface area contributed by atoms with E-state index in [0.717, 1.165) is 5.92 Å². The van der Waals surface area contributed by atoms with Gasteiger partial charge in [0.1, 0.15) is 0 Å². The molecule has 0 aromatic carbocycles. The molecule has 1 aliphatic rings. The van der Waals surface area contributed by atoms with Crippen LogP contribution in [0.5, 0.6) is 0 Å². The Labute approximate surface area is 92.1 Å². The molecule has 1 fully saturated rings. The van der Waals surface area contributed by atoms with Gasteiger partial charge in [0.15, 0.2) is 0 Å². The van der Waals surface area contributed by atoms with Gasteiger partial charge in [-0.25, -0.2) is 0 Å². The Kier molecular flexibility index (Phi) is 3.37. The van der Waals surface area contributed by atoms with Gasteiger partial charge in [0.25, 0.3) is 0 Å². The smallest absolute Gasteiger partial charge is 0.0315 e. The number of rotatable bonds is 3. The first-order chi connectivity index (χ1) is 7.25. The SMILES string of the molecule is C[C@H]1CC[C@H](N[C@@H](C)c2cccnc2)C1. The van der Waals surface area contributed by atoms with Crippen molar-refractivity contribution in [1.29, 1.82) is 0 Å². The zero-order valence-corrected chi connectivity index (χ0v) is 9.61. The molecule has 15 heavy (non-hydrogen) atoms.